The summed E-state index contributed by atoms with van der Waals surface area (Å²) >= 11 is 14.1. The molecule has 0 N–H and O–H groups in total. The van der Waals surface area contributed by atoms with E-state index in [0.717, 1.165) is 14.7 Å². The molecule has 0 amide bonds. The Morgan fingerprint density at radius 2 is 1.35 bits per heavy atom. The molecule has 0 nitrogen and oxygen atoms in total. The van der Waals surface area contributed by atoms with Crippen LogP contribution in [0.5, 0.6) is 0 Å². The Hall–Kier alpha value is -3.11. The molecule has 0 spiro atoms. The van der Waals surface area contributed by atoms with Gasteiger partial charge in [0, 0.05) is 31.4 Å². The lowest BCUT2D eigenvalue weighted by atomic mass is 9.55. The lowest BCUT2D eigenvalue weighted by Crippen LogP contribution is -2.45. The molecule has 0 radical (unpaired) electrons. The maximum absolute atomic E-state index is 5.09. The average molecular weight is 573 g/mol. The highest BCUT2D eigenvalue weighted by molar-refractivity contribution is 7.80. The third kappa shape index (κ3) is 4.85. The number of thiol groups is 3. The van der Waals surface area contributed by atoms with Gasteiger partial charge in [-0.05, 0) is 74.7 Å². The molecule has 40 heavy (non-hydrogen) atoms. The van der Waals surface area contributed by atoms with E-state index in [1.807, 2.05) is 12.1 Å². The van der Waals surface area contributed by atoms with Crippen molar-refractivity contribution in [1.29, 1.82) is 0 Å². The Bertz CT molecular complexity index is 1790. The quantitative estimate of drug-likeness (QED) is 0.196. The van der Waals surface area contributed by atoms with E-state index in [9.17, 15) is 0 Å². The lowest BCUT2D eigenvalue weighted by Gasteiger charge is -2.48. The summed E-state index contributed by atoms with van der Waals surface area (Å²) < 4.78 is 0. The predicted octanol–water partition coefficient (Wildman–Crippen LogP) is 8.58. The Labute approximate surface area is 253 Å². The second-order valence-corrected chi connectivity index (χ2v) is 12.6. The van der Waals surface area contributed by atoms with Crippen LogP contribution >= 0.6 is 37.9 Å². The van der Waals surface area contributed by atoms with Crippen molar-refractivity contribution in [1.82, 2.24) is 0 Å². The van der Waals surface area contributed by atoms with Crippen LogP contribution in [-0.4, -0.2) is 0 Å². The number of hydrogen-bond acceptors (Lipinski definition) is 3. The van der Waals surface area contributed by atoms with Crippen molar-refractivity contribution in [2.45, 2.75) is 33.9 Å². The molecule has 0 bridgehead atoms. The van der Waals surface area contributed by atoms with Crippen LogP contribution in [0.15, 0.2) is 136 Å². The van der Waals surface area contributed by atoms with Crippen LogP contribution in [0.25, 0.3) is 28.9 Å². The van der Waals surface area contributed by atoms with Gasteiger partial charge in [-0.2, -0.15) is 0 Å². The summed E-state index contributed by atoms with van der Waals surface area (Å²) in [5.74, 6) is 0.135. The molecule has 4 aromatic carbocycles. The van der Waals surface area contributed by atoms with E-state index in [2.05, 4.69) is 160 Å². The van der Waals surface area contributed by atoms with Crippen LogP contribution in [0.4, 0.5) is 0 Å². The first kappa shape index (κ1) is 27.1. The zero-order valence-electron chi connectivity index (χ0n) is 22.6. The van der Waals surface area contributed by atoms with Crippen LogP contribution in [0.2, 0.25) is 0 Å². The van der Waals surface area contributed by atoms with Crippen molar-refractivity contribution in [3.63, 3.8) is 0 Å². The summed E-state index contributed by atoms with van der Waals surface area (Å²) in [5, 5.41) is 2.49. The van der Waals surface area contributed by atoms with Gasteiger partial charge in [0.15, 0.2) is 0 Å². The third-order valence-electron chi connectivity index (χ3n) is 8.75. The first-order valence-corrected chi connectivity index (χ1v) is 14.9. The Morgan fingerprint density at radius 1 is 0.725 bits per heavy atom. The number of rotatable bonds is 5. The molecule has 3 heteroatoms. The predicted molar refractivity (Wildman–Crippen MR) is 180 cm³/mol. The van der Waals surface area contributed by atoms with Crippen LogP contribution in [-0.2, 0) is 5.41 Å². The molecule has 3 atom stereocenters. The molecule has 0 heterocycles. The molecule has 0 saturated carbocycles. The van der Waals surface area contributed by atoms with Gasteiger partial charge in [0.05, 0.1) is 0 Å². The molecular weight excluding hydrogens is 541 g/mol. The topological polar surface area (TPSA) is 0 Å². The number of allylic oxidation sites excluding steroid dienone is 6. The zero-order valence-corrected chi connectivity index (χ0v) is 25.3. The fourth-order valence-corrected chi connectivity index (χ4v) is 6.84. The Kier molecular flexibility index (Phi) is 7.25. The van der Waals surface area contributed by atoms with Gasteiger partial charge in [0.25, 0.3) is 0 Å². The van der Waals surface area contributed by atoms with Gasteiger partial charge in [0.2, 0.25) is 0 Å². The minimum atomic E-state index is -0.354. The van der Waals surface area contributed by atoms with E-state index in [0.29, 0.717) is 0 Å². The summed E-state index contributed by atoms with van der Waals surface area (Å²) in [6.07, 6.45) is 16.3. The van der Waals surface area contributed by atoms with Crippen LogP contribution < -0.4 is 10.4 Å². The lowest BCUT2D eigenvalue weighted by molar-refractivity contribution is 0.252. The summed E-state index contributed by atoms with van der Waals surface area (Å²) in [4.78, 5) is 2.92. The average Bonchev–Trinajstić information content (AvgIpc) is 3.38. The van der Waals surface area contributed by atoms with Gasteiger partial charge in [-0.3, -0.25) is 0 Å². The SMILES string of the molecule is CC1(C(C)(c2cc(-c3ccc(S)cc3)ccc2S)C2C=CC(c3ccc(S)cc3)=C2)C=CC=c2ccccc2=C1. The van der Waals surface area contributed by atoms with Gasteiger partial charge < -0.3 is 0 Å². The normalized spacial score (nSPS) is 21.0. The minimum absolute atomic E-state index is 0.135. The van der Waals surface area contributed by atoms with Crippen molar-refractivity contribution in [2.75, 3.05) is 0 Å². The molecule has 3 unspecified atom stereocenters. The Balaban J connectivity index is 1.57. The van der Waals surface area contributed by atoms with E-state index in [1.54, 1.807) is 0 Å². The minimum Gasteiger partial charge on any atom is -0.143 e. The summed E-state index contributed by atoms with van der Waals surface area (Å²) in [5.41, 5.74) is 5.34. The largest absolute Gasteiger partial charge is 0.143 e. The molecule has 0 aliphatic heterocycles. The van der Waals surface area contributed by atoms with Gasteiger partial charge in [-0.15, -0.1) is 37.9 Å². The summed E-state index contributed by atoms with van der Waals surface area (Å²) in [6, 6.07) is 32.1. The number of benzene rings is 4. The molecule has 0 saturated heterocycles. The molecular formula is C37H32S3. The molecule has 4 aromatic rings. The smallest absolute Gasteiger partial charge is 0.0157 e. The first-order chi connectivity index (χ1) is 19.3. The van der Waals surface area contributed by atoms with Crippen molar-refractivity contribution in [2.24, 2.45) is 11.3 Å². The molecule has 0 fully saturated rings. The van der Waals surface area contributed by atoms with E-state index in [4.69, 9.17) is 12.6 Å². The highest BCUT2D eigenvalue weighted by atomic mass is 32.1. The van der Waals surface area contributed by atoms with Gasteiger partial charge in [-0.25, -0.2) is 0 Å². The number of fused-ring (bicyclic) bond motifs is 1. The van der Waals surface area contributed by atoms with Gasteiger partial charge in [-0.1, -0.05) is 111 Å². The van der Waals surface area contributed by atoms with E-state index < -0.39 is 0 Å². The highest BCUT2D eigenvalue weighted by Crippen LogP contribution is 2.54. The van der Waals surface area contributed by atoms with Crippen molar-refractivity contribution in [3.8, 4) is 11.1 Å². The fourth-order valence-electron chi connectivity index (χ4n) is 6.17. The van der Waals surface area contributed by atoms with Gasteiger partial charge >= 0.3 is 0 Å². The van der Waals surface area contributed by atoms with E-state index >= 15 is 0 Å². The van der Waals surface area contributed by atoms with Crippen LogP contribution in [0, 0.1) is 11.3 Å². The van der Waals surface area contributed by atoms with Crippen LogP contribution in [0.1, 0.15) is 25.0 Å². The molecule has 198 valence electrons. The monoisotopic (exact) mass is 572 g/mol. The molecule has 2 aliphatic carbocycles. The number of hydrogen-bond donors (Lipinski definition) is 3. The third-order valence-corrected chi connectivity index (χ3v) is 9.74. The Morgan fingerprint density at radius 3 is 2.05 bits per heavy atom. The maximum atomic E-state index is 5.09. The standard InChI is InChI=1S/C37H32S3/c1-36(21-5-8-25-6-3-4-7-30(25)24-36)37(2,31-15-9-28(22-31)26-10-16-32(38)17-11-26)34-23-29(14-20-35(34)40)27-12-18-33(39)19-13-27/h3-24,31,38-40H,1-2H3. The first-order valence-electron chi connectivity index (χ1n) is 13.6. The summed E-state index contributed by atoms with van der Waals surface area (Å²) in [6.45, 7) is 4.77. The highest BCUT2D eigenvalue weighted by Gasteiger charge is 2.48. The van der Waals surface area contributed by atoms with E-state index in [1.165, 1.54) is 38.3 Å². The fraction of sp³-hybridized carbons (Fsp3) is 0.135. The zero-order chi connectivity index (χ0) is 27.9. The van der Waals surface area contributed by atoms with Crippen LogP contribution in [0.3, 0.4) is 0 Å². The molecule has 0 aromatic heterocycles. The van der Waals surface area contributed by atoms with Crippen molar-refractivity contribution >= 4 is 55.6 Å². The maximum Gasteiger partial charge on any atom is 0.0157 e. The molecule has 6 rings (SSSR count). The summed E-state index contributed by atoms with van der Waals surface area (Å²) in [7, 11) is 0. The second kappa shape index (κ2) is 10.7. The van der Waals surface area contributed by atoms with E-state index in [-0.39, 0.29) is 16.7 Å². The second-order valence-electron chi connectivity index (χ2n) is 11.1. The van der Waals surface area contributed by atoms with Gasteiger partial charge in [0.1, 0.15) is 0 Å². The van der Waals surface area contributed by atoms with Crippen molar-refractivity contribution in [3.05, 3.63) is 143 Å². The van der Waals surface area contributed by atoms with Crippen molar-refractivity contribution < 1.29 is 0 Å². The molecule has 2 aliphatic rings.